The minimum atomic E-state index is -0.500. The first kappa shape index (κ1) is 17.4. The number of para-hydroxylation sites is 1. The normalized spacial score (nSPS) is 10.8. The van der Waals surface area contributed by atoms with Crippen LogP contribution < -0.4 is 10.3 Å². The summed E-state index contributed by atoms with van der Waals surface area (Å²) in [4.78, 5) is 32.1. The van der Waals surface area contributed by atoms with Gasteiger partial charge in [-0.25, -0.2) is 9.78 Å². The fraction of sp³-hybridized carbons (Fsp3) is 0.235. The van der Waals surface area contributed by atoms with Gasteiger partial charge in [-0.05, 0) is 31.5 Å². The molecule has 130 valence electrons. The standard InChI is InChI=1S/C17H15ClN2O4S/c1-9-13-15(21)19-10(2)20-16(13)25-14(9)17(22)24-8-7-23-12-6-4-3-5-11(12)18/h3-6H,7-8H2,1-2H3,(H,19,20,21). The fourth-order valence-electron chi connectivity index (χ4n) is 2.36. The van der Waals surface area contributed by atoms with Crippen molar-refractivity contribution >= 4 is 39.1 Å². The number of thiophene rings is 1. The Bertz CT molecular complexity index is 996. The van der Waals surface area contributed by atoms with Gasteiger partial charge in [-0.15, -0.1) is 11.3 Å². The molecule has 0 unspecified atom stereocenters. The fourth-order valence-corrected chi connectivity index (χ4v) is 3.67. The largest absolute Gasteiger partial charge is 0.488 e. The van der Waals surface area contributed by atoms with Gasteiger partial charge in [-0.2, -0.15) is 0 Å². The summed E-state index contributed by atoms with van der Waals surface area (Å²) in [7, 11) is 0. The number of rotatable bonds is 5. The van der Waals surface area contributed by atoms with E-state index >= 15 is 0 Å². The van der Waals surface area contributed by atoms with Gasteiger partial charge in [0.2, 0.25) is 0 Å². The van der Waals surface area contributed by atoms with Gasteiger partial charge in [0.1, 0.15) is 34.5 Å². The molecule has 0 atom stereocenters. The van der Waals surface area contributed by atoms with Gasteiger partial charge < -0.3 is 14.5 Å². The van der Waals surface area contributed by atoms with E-state index in [4.69, 9.17) is 21.1 Å². The molecule has 0 aliphatic heterocycles. The maximum atomic E-state index is 12.3. The van der Waals surface area contributed by atoms with Gasteiger partial charge >= 0.3 is 5.97 Å². The molecule has 1 N–H and O–H groups in total. The SMILES string of the molecule is Cc1nc2sc(C(=O)OCCOc3ccccc3Cl)c(C)c2c(=O)[nH]1. The summed E-state index contributed by atoms with van der Waals surface area (Å²) in [6, 6.07) is 7.06. The third-order valence-electron chi connectivity index (χ3n) is 3.52. The van der Waals surface area contributed by atoms with Crippen molar-refractivity contribution in [2.24, 2.45) is 0 Å². The number of carbonyl (C=O) groups excluding carboxylic acids is 1. The third kappa shape index (κ3) is 3.67. The van der Waals surface area contributed by atoms with Gasteiger partial charge in [-0.1, -0.05) is 23.7 Å². The third-order valence-corrected chi connectivity index (χ3v) is 4.99. The van der Waals surface area contributed by atoms with Crippen molar-refractivity contribution in [2.45, 2.75) is 13.8 Å². The number of carbonyl (C=O) groups is 1. The molecule has 8 heteroatoms. The van der Waals surface area contributed by atoms with E-state index in [0.717, 1.165) is 11.3 Å². The van der Waals surface area contributed by atoms with E-state index in [0.29, 0.717) is 37.3 Å². The first-order valence-electron chi connectivity index (χ1n) is 7.52. The molecular formula is C17H15ClN2O4S. The molecule has 0 aliphatic carbocycles. The van der Waals surface area contributed by atoms with E-state index in [1.807, 2.05) is 0 Å². The second-order valence-electron chi connectivity index (χ2n) is 5.30. The van der Waals surface area contributed by atoms with Crippen LogP contribution in [0.25, 0.3) is 10.2 Å². The van der Waals surface area contributed by atoms with E-state index in [-0.39, 0.29) is 18.8 Å². The van der Waals surface area contributed by atoms with E-state index in [2.05, 4.69) is 9.97 Å². The van der Waals surface area contributed by atoms with Crippen LogP contribution in [0.4, 0.5) is 0 Å². The highest BCUT2D eigenvalue weighted by Crippen LogP contribution is 2.27. The molecule has 2 aromatic heterocycles. The summed E-state index contributed by atoms with van der Waals surface area (Å²) in [6.45, 7) is 3.65. The van der Waals surface area contributed by atoms with Crippen LogP contribution in [0.2, 0.25) is 5.02 Å². The van der Waals surface area contributed by atoms with Gasteiger partial charge in [-0.3, -0.25) is 4.79 Å². The number of aromatic amines is 1. The summed E-state index contributed by atoms with van der Waals surface area (Å²) in [5.74, 6) is 0.539. The lowest BCUT2D eigenvalue weighted by Gasteiger charge is -2.08. The summed E-state index contributed by atoms with van der Waals surface area (Å²) < 4.78 is 10.7. The lowest BCUT2D eigenvalue weighted by molar-refractivity contribution is 0.0455. The molecule has 3 rings (SSSR count). The molecule has 0 fully saturated rings. The number of ether oxygens (including phenoxy) is 2. The molecule has 6 nitrogen and oxygen atoms in total. The number of nitrogens with zero attached hydrogens (tertiary/aromatic N) is 1. The number of H-pyrrole nitrogens is 1. The molecule has 0 spiro atoms. The molecular weight excluding hydrogens is 364 g/mol. The van der Waals surface area contributed by atoms with Gasteiger partial charge in [0, 0.05) is 0 Å². The highest BCUT2D eigenvalue weighted by molar-refractivity contribution is 7.20. The van der Waals surface area contributed by atoms with Crippen molar-refractivity contribution in [3.63, 3.8) is 0 Å². The van der Waals surface area contributed by atoms with Crippen molar-refractivity contribution in [3.05, 3.63) is 55.9 Å². The van der Waals surface area contributed by atoms with Crippen LogP contribution in [0.15, 0.2) is 29.1 Å². The summed E-state index contributed by atoms with van der Waals surface area (Å²) in [6.07, 6.45) is 0. The number of fused-ring (bicyclic) bond motifs is 1. The molecule has 0 saturated heterocycles. The highest BCUT2D eigenvalue weighted by atomic mass is 35.5. The molecule has 3 aromatic rings. The maximum absolute atomic E-state index is 12.3. The first-order valence-corrected chi connectivity index (χ1v) is 8.71. The molecule has 2 heterocycles. The number of hydrogen-bond donors (Lipinski definition) is 1. The Labute approximate surface area is 152 Å². The van der Waals surface area contributed by atoms with Crippen LogP contribution in [-0.2, 0) is 4.74 Å². The van der Waals surface area contributed by atoms with E-state index < -0.39 is 5.97 Å². The van der Waals surface area contributed by atoms with Crippen LogP contribution in [0.5, 0.6) is 5.75 Å². The molecule has 0 aliphatic rings. The highest BCUT2D eigenvalue weighted by Gasteiger charge is 2.20. The molecule has 0 bridgehead atoms. The number of esters is 1. The number of aromatic nitrogens is 2. The second kappa shape index (κ2) is 7.25. The monoisotopic (exact) mass is 378 g/mol. The molecule has 0 radical (unpaired) electrons. The molecule has 1 aromatic carbocycles. The number of hydrogen-bond acceptors (Lipinski definition) is 6. The zero-order valence-corrected chi connectivity index (χ0v) is 15.2. The van der Waals surface area contributed by atoms with Gasteiger partial charge in [0.15, 0.2) is 0 Å². The second-order valence-corrected chi connectivity index (χ2v) is 6.71. The number of aryl methyl sites for hydroxylation is 2. The quantitative estimate of drug-likeness (QED) is 0.543. The van der Waals surface area contributed by atoms with Crippen LogP contribution in [0.1, 0.15) is 21.1 Å². The Morgan fingerprint density at radius 2 is 2.04 bits per heavy atom. The minimum absolute atomic E-state index is 0.0700. The van der Waals surface area contributed by atoms with Crippen LogP contribution in [0, 0.1) is 13.8 Å². The van der Waals surface area contributed by atoms with Crippen molar-refractivity contribution in [3.8, 4) is 5.75 Å². The van der Waals surface area contributed by atoms with Crippen molar-refractivity contribution in [2.75, 3.05) is 13.2 Å². The van der Waals surface area contributed by atoms with Crippen molar-refractivity contribution in [1.29, 1.82) is 0 Å². The van der Waals surface area contributed by atoms with E-state index in [1.54, 1.807) is 38.1 Å². The first-order chi connectivity index (χ1) is 12.0. The molecule has 0 amide bonds. The number of benzene rings is 1. The van der Waals surface area contributed by atoms with Crippen LogP contribution >= 0.6 is 22.9 Å². The Balaban J connectivity index is 1.67. The van der Waals surface area contributed by atoms with Crippen LogP contribution in [-0.4, -0.2) is 29.2 Å². The van der Waals surface area contributed by atoms with Gasteiger partial charge in [0.25, 0.3) is 5.56 Å². The zero-order chi connectivity index (χ0) is 18.0. The van der Waals surface area contributed by atoms with Crippen molar-refractivity contribution in [1.82, 2.24) is 9.97 Å². The van der Waals surface area contributed by atoms with E-state index in [9.17, 15) is 9.59 Å². The summed E-state index contributed by atoms with van der Waals surface area (Å²) >= 11 is 7.13. The number of halogens is 1. The van der Waals surface area contributed by atoms with E-state index in [1.165, 1.54) is 0 Å². The Hall–Kier alpha value is -2.38. The Kier molecular flexibility index (Phi) is 5.06. The average molecular weight is 379 g/mol. The summed E-state index contributed by atoms with van der Waals surface area (Å²) in [5, 5.41) is 0.921. The topological polar surface area (TPSA) is 81.3 Å². The number of nitrogens with one attached hydrogen (secondary N) is 1. The van der Waals surface area contributed by atoms with Gasteiger partial charge in [0.05, 0.1) is 10.4 Å². The minimum Gasteiger partial charge on any atom is -0.488 e. The summed E-state index contributed by atoms with van der Waals surface area (Å²) in [5.41, 5.74) is 0.322. The Morgan fingerprint density at radius 1 is 1.28 bits per heavy atom. The van der Waals surface area contributed by atoms with Crippen molar-refractivity contribution < 1.29 is 14.3 Å². The zero-order valence-electron chi connectivity index (χ0n) is 13.6. The average Bonchev–Trinajstić information content (AvgIpc) is 2.89. The molecule has 25 heavy (non-hydrogen) atoms. The smallest absolute Gasteiger partial charge is 0.348 e. The lowest BCUT2D eigenvalue weighted by Crippen LogP contribution is -2.13. The molecule has 0 saturated carbocycles. The predicted molar refractivity (Wildman–Crippen MR) is 96.9 cm³/mol. The predicted octanol–water partition coefficient (Wildman–Crippen LogP) is 3.49. The van der Waals surface area contributed by atoms with Crippen LogP contribution in [0.3, 0.4) is 0 Å². The Morgan fingerprint density at radius 3 is 2.80 bits per heavy atom. The lowest BCUT2D eigenvalue weighted by atomic mass is 10.2. The maximum Gasteiger partial charge on any atom is 0.348 e.